The molecule has 0 radical (unpaired) electrons. The fraction of sp³-hybridized carbons (Fsp3) is 0.438. The first-order valence-electron chi connectivity index (χ1n) is 6.79. The molecule has 0 spiro atoms. The first kappa shape index (κ1) is 11.5. The van der Waals surface area contributed by atoms with E-state index in [0.29, 0.717) is 12.0 Å². The lowest BCUT2D eigenvalue weighted by molar-refractivity contribution is 0.0942. The van der Waals surface area contributed by atoms with Gasteiger partial charge in [-0.1, -0.05) is 36.8 Å². The molecule has 1 heterocycles. The SMILES string of the molecule is O=C(/C=C1\C[C@H]2CCCC[C@@H]2O1)c1ccccc1. The number of fused-ring (bicyclic) bond motifs is 1. The van der Waals surface area contributed by atoms with Gasteiger partial charge < -0.3 is 4.74 Å². The van der Waals surface area contributed by atoms with Gasteiger partial charge in [0.05, 0.1) is 0 Å². The summed E-state index contributed by atoms with van der Waals surface area (Å²) in [5, 5.41) is 0. The van der Waals surface area contributed by atoms with Gasteiger partial charge in [0, 0.05) is 24.0 Å². The Hall–Kier alpha value is -1.57. The Morgan fingerprint density at radius 2 is 1.94 bits per heavy atom. The van der Waals surface area contributed by atoms with E-state index in [1.54, 1.807) is 6.08 Å². The maximum atomic E-state index is 12.0. The van der Waals surface area contributed by atoms with E-state index in [4.69, 9.17) is 4.74 Å². The summed E-state index contributed by atoms with van der Waals surface area (Å²) >= 11 is 0. The van der Waals surface area contributed by atoms with Crippen LogP contribution in [0.25, 0.3) is 0 Å². The van der Waals surface area contributed by atoms with Gasteiger partial charge in [0.25, 0.3) is 0 Å². The van der Waals surface area contributed by atoms with Crippen molar-refractivity contribution in [2.45, 2.75) is 38.2 Å². The molecule has 0 aromatic heterocycles. The lowest BCUT2D eigenvalue weighted by Gasteiger charge is -2.22. The number of ether oxygens (including phenoxy) is 1. The third-order valence-electron chi connectivity index (χ3n) is 3.96. The van der Waals surface area contributed by atoms with Crippen molar-refractivity contribution in [3.05, 3.63) is 47.7 Å². The zero-order valence-corrected chi connectivity index (χ0v) is 10.5. The van der Waals surface area contributed by atoms with Crippen LogP contribution in [-0.4, -0.2) is 11.9 Å². The van der Waals surface area contributed by atoms with Gasteiger partial charge in [-0.25, -0.2) is 0 Å². The summed E-state index contributed by atoms with van der Waals surface area (Å²) in [4.78, 5) is 12.0. The van der Waals surface area contributed by atoms with E-state index in [0.717, 1.165) is 24.2 Å². The van der Waals surface area contributed by atoms with Gasteiger partial charge in [0.1, 0.15) is 11.9 Å². The van der Waals surface area contributed by atoms with Crippen molar-refractivity contribution in [2.24, 2.45) is 5.92 Å². The van der Waals surface area contributed by atoms with Gasteiger partial charge in [0.15, 0.2) is 5.78 Å². The first-order valence-corrected chi connectivity index (χ1v) is 6.79. The zero-order valence-electron chi connectivity index (χ0n) is 10.5. The van der Waals surface area contributed by atoms with Crippen molar-refractivity contribution >= 4 is 5.78 Å². The summed E-state index contributed by atoms with van der Waals surface area (Å²) in [6.07, 6.45) is 7.99. The molecule has 0 bridgehead atoms. The van der Waals surface area contributed by atoms with Crippen LogP contribution in [0.1, 0.15) is 42.5 Å². The molecule has 2 nitrogen and oxygen atoms in total. The Kier molecular flexibility index (Phi) is 3.18. The molecule has 1 aliphatic carbocycles. The van der Waals surface area contributed by atoms with E-state index < -0.39 is 0 Å². The van der Waals surface area contributed by atoms with Crippen LogP contribution in [0.15, 0.2) is 42.2 Å². The topological polar surface area (TPSA) is 26.3 Å². The number of allylic oxidation sites excluding steroid dienone is 2. The van der Waals surface area contributed by atoms with Crippen molar-refractivity contribution in [3.8, 4) is 0 Å². The highest BCUT2D eigenvalue weighted by Crippen LogP contribution is 2.39. The van der Waals surface area contributed by atoms with Crippen molar-refractivity contribution < 1.29 is 9.53 Å². The van der Waals surface area contributed by atoms with Crippen LogP contribution in [0, 0.1) is 5.92 Å². The largest absolute Gasteiger partial charge is 0.494 e. The van der Waals surface area contributed by atoms with E-state index in [-0.39, 0.29) is 5.78 Å². The van der Waals surface area contributed by atoms with E-state index in [1.165, 1.54) is 19.3 Å². The third-order valence-corrected chi connectivity index (χ3v) is 3.96. The van der Waals surface area contributed by atoms with Crippen molar-refractivity contribution in [3.63, 3.8) is 0 Å². The molecular formula is C16H18O2. The summed E-state index contributed by atoms with van der Waals surface area (Å²) in [6.45, 7) is 0. The lowest BCUT2D eigenvalue weighted by atomic mass is 9.86. The van der Waals surface area contributed by atoms with Crippen molar-refractivity contribution in [1.29, 1.82) is 0 Å². The van der Waals surface area contributed by atoms with Gasteiger partial charge in [0.2, 0.25) is 0 Å². The van der Waals surface area contributed by atoms with Crippen LogP contribution in [0.4, 0.5) is 0 Å². The molecule has 1 saturated heterocycles. The molecule has 2 fully saturated rings. The molecule has 1 saturated carbocycles. The summed E-state index contributed by atoms with van der Waals surface area (Å²) < 4.78 is 5.90. The van der Waals surface area contributed by atoms with E-state index in [1.807, 2.05) is 30.3 Å². The predicted octanol–water partition coefficient (Wildman–Crippen LogP) is 3.73. The molecule has 3 rings (SSSR count). The third kappa shape index (κ3) is 2.33. The first-order chi connectivity index (χ1) is 8.83. The maximum absolute atomic E-state index is 12.0. The van der Waals surface area contributed by atoms with Crippen LogP contribution in [0.5, 0.6) is 0 Å². The van der Waals surface area contributed by atoms with Crippen molar-refractivity contribution in [1.82, 2.24) is 0 Å². The predicted molar refractivity (Wildman–Crippen MR) is 70.3 cm³/mol. The number of ketones is 1. The summed E-state index contributed by atoms with van der Waals surface area (Å²) in [6, 6.07) is 9.40. The minimum absolute atomic E-state index is 0.0595. The molecule has 2 aliphatic rings. The zero-order chi connectivity index (χ0) is 12.4. The molecule has 1 aromatic carbocycles. The summed E-state index contributed by atoms with van der Waals surface area (Å²) in [5.41, 5.74) is 0.739. The highest BCUT2D eigenvalue weighted by Gasteiger charge is 2.34. The van der Waals surface area contributed by atoms with E-state index in [9.17, 15) is 4.79 Å². The fourth-order valence-electron chi connectivity index (χ4n) is 2.99. The molecular weight excluding hydrogens is 224 g/mol. The van der Waals surface area contributed by atoms with Crippen molar-refractivity contribution in [2.75, 3.05) is 0 Å². The Bertz CT molecular complexity index is 445. The van der Waals surface area contributed by atoms with Gasteiger partial charge in [-0.3, -0.25) is 4.79 Å². The quantitative estimate of drug-likeness (QED) is 0.583. The maximum Gasteiger partial charge on any atom is 0.189 e. The van der Waals surface area contributed by atoms with Gasteiger partial charge in [-0.2, -0.15) is 0 Å². The second-order valence-electron chi connectivity index (χ2n) is 5.25. The van der Waals surface area contributed by atoms with Crippen LogP contribution in [0.2, 0.25) is 0 Å². The minimum atomic E-state index is 0.0595. The number of carbonyl (C=O) groups excluding carboxylic acids is 1. The summed E-state index contributed by atoms with van der Waals surface area (Å²) in [5.74, 6) is 1.60. The van der Waals surface area contributed by atoms with Gasteiger partial charge in [-0.05, 0) is 19.3 Å². The van der Waals surface area contributed by atoms with Crippen LogP contribution < -0.4 is 0 Å². The second kappa shape index (κ2) is 4.97. The van der Waals surface area contributed by atoms with Gasteiger partial charge in [-0.15, -0.1) is 0 Å². The smallest absolute Gasteiger partial charge is 0.189 e. The molecule has 2 atom stereocenters. The average molecular weight is 242 g/mol. The van der Waals surface area contributed by atoms with E-state index >= 15 is 0 Å². The van der Waals surface area contributed by atoms with Crippen LogP contribution in [0.3, 0.4) is 0 Å². The normalized spacial score (nSPS) is 28.8. The fourth-order valence-corrected chi connectivity index (χ4v) is 2.99. The molecule has 0 N–H and O–H groups in total. The second-order valence-corrected chi connectivity index (χ2v) is 5.25. The van der Waals surface area contributed by atoms with E-state index in [2.05, 4.69) is 0 Å². The van der Waals surface area contributed by atoms with Gasteiger partial charge >= 0.3 is 0 Å². The number of carbonyl (C=O) groups is 1. The number of benzene rings is 1. The lowest BCUT2D eigenvalue weighted by Crippen LogP contribution is -2.19. The monoisotopic (exact) mass is 242 g/mol. The number of rotatable bonds is 2. The minimum Gasteiger partial charge on any atom is -0.494 e. The molecule has 18 heavy (non-hydrogen) atoms. The molecule has 1 aliphatic heterocycles. The highest BCUT2D eigenvalue weighted by atomic mass is 16.5. The van der Waals surface area contributed by atoms with Crippen LogP contribution in [-0.2, 0) is 4.74 Å². The average Bonchev–Trinajstić information content (AvgIpc) is 2.82. The Morgan fingerprint density at radius 1 is 1.17 bits per heavy atom. The molecule has 0 amide bonds. The summed E-state index contributed by atoms with van der Waals surface area (Å²) in [7, 11) is 0. The number of hydrogen-bond acceptors (Lipinski definition) is 2. The Labute approximate surface area is 108 Å². The molecule has 2 heteroatoms. The molecule has 94 valence electrons. The number of hydrogen-bond donors (Lipinski definition) is 0. The van der Waals surface area contributed by atoms with Crippen LogP contribution >= 0.6 is 0 Å². The standard InChI is InChI=1S/C16H18O2/c17-15(12-6-2-1-3-7-12)11-14-10-13-8-4-5-9-16(13)18-14/h1-3,6-7,11,13,16H,4-5,8-10H2/b14-11+/t13-,16+/m1/s1. The Morgan fingerprint density at radius 3 is 2.72 bits per heavy atom. The highest BCUT2D eigenvalue weighted by molar-refractivity contribution is 6.04. The molecule has 1 aromatic rings. The molecule has 0 unspecified atom stereocenters. The Balaban J connectivity index is 1.72.